The number of carbonyl (C=O) groups is 1. The third-order valence-electron chi connectivity index (χ3n) is 1.62. The molecule has 0 aliphatic carbocycles. The second-order valence-electron chi connectivity index (χ2n) is 5.48. The summed E-state index contributed by atoms with van der Waals surface area (Å²) in [6.07, 6.45) is 0. The molecule has 0 aliphatic rings. The Morgan fingerprint density at radius 1 is 1.08 bits per heavy atom. The molecule has 1 N–H and O–H groups in total. The monoisotopic (exact) mass is 216 g/mol. The molecular weight excluding hydrogens is 196 g/mol. The van der Waals surface area contributed by atoms with Crippen LogP contribution in [0.5, 0.6) is 0 Å². The molecule has 76 valence electrons. The second kappa shape index (κ2) is 3.80. The van der Waals surface area contributed by atoms with Crippen LogP contribution in [0.4, 0.5) is 0 Å². The number of carboxylic acids is 1. The Morgan fingerprint density at radius 3 is 1.54 bits per heavy atom. The Kier molecular flexibility index (Phi) is 3.69. The van der Waals surface area contributed by atoms with Crippen LogP contribution in [0.15, 0.2) is 10.9 Å². The summed E-state index contributed by atoms with van der Waals surface area (Å²) in [5.41, 5.74) is 2.03. The van der Waals surface area contributed by atoms with Gasteiger partial charge in [0.25, 0.3) is 0 Å². The highest BCUT2D eigenvalue weighted by Crippen LogP contribution is 2.18. The predicted octanol–water partition coefficient (Wildman–Crippen LogP) is 2.75. The van der Waals surface area contributed by atoms with E-state index in [1.165, 1.54) is 0 Å². The molecule has 0 aromatic rings. The molecule has 0 amide bonds. The first kappa shape index (κ1) is 12.6. The quantitative estimate of drug-likeness (QED) is 0.582. The number of hydrogen-bond acceptors (Lipinski definition) is 1. The van der Waals surface area contributed by atoms with Gasteiger partial charge in [-0.25, -0.2) is 4.79 Å². The van der Waals surface area contributed by atoms with E-state index in [0.29, 0.717) is 5.20 Å². The molecule has 0 heterocycles. The van der Waals surface area contributed by atoms with Gasteiger partial charge in [0.05, 0.1) is 16.1 Å². The highest BCUT2D eigenvalue weighted by Gasteiger charge is 2.27. The van der Waals surface area contributed by atoms with Crippen LogP contribution in [0.3, 0.4) is 0 Å². The van der Waals surface area contributed by atoms with Gasteiger partial charge in [-0.05, 0) is 0 Å². The second-order valence-corrected chi connectivity index (χ2v) is 15.5. The molecule has 0 aromatic carbocycles. The summed E-state index contributed by atoms with van der Waals surface area (Å²) in [7, 11) is -3.06. The van der Waals surface area contributed by atoms with Crippen LogP contribution in [0, 0.1) is 0 Å². The van der Waals surface area contributed by atoms with Gasteiger partial charge in [0.1, 0.15) is 0 Å². The minimum atomic E-state index is -1.66. The number of rotatable bonds is 3. The molecule has 0 aliphatic heterocycles. The fourth-order valence-electron chi connectivity index (χ4n) is 1.03. The summed E-state index contributed by atoms with van der Waals surface area (Å²) >= 11 is 0. The maximum atomic E-state index is 11.0. The van der Waals surface area contributed by atoms with Crippen molar-refractivity contribution in [3.05, 3.63) is 10.9 Å². The van der Waals surface area contributed by atoms with Gasteiger partial charge in [0.15, 0.2) is 0 Å². The molecule has 0 aromatic heterocycles. The van der Waals surface area contributed by atoms with Gasteiger partial charge in [-0.1, -0.05) is 45.0 Å². The third kappa shape index (κ3) is 5.05. The van der Waals surface area contributed by atoms with E-state index < -0.39 is 22.1 Å². The van der Waals surface area contributed by atoms with Crippen LogP contribution in [0.25, 0.3) is 0 Å². The summed E-state index contributed by atoms with van der Waals surface area (Å²) in [5.74, 6) is -0.721. The molecule has 0 atom stereocenters. The van der Waals surface area contributed by atoms with Crippen LogP contribution in [0.2, 0.25) is 39.3 Å². The minimum Gasteiger partial charge on any atom is -0.478 e. The number of aliphatic carboxylic acids is 1. The summed E-state index contributed by atoms with van der Waals surface area (Å²) in [6, 6.07) is 0. The van der Waals surface area contributed by atoms with Crippen molar-refractivity contribution in [2.24, 2.45) is 0 Å². The summed E-state index contributed by atoms with van der Waals surface area (Å²) < 4.78 is 0. The lowest BCUT2D eigenvalue weighted by atomic mass is 10.6. The molecule has 13 heavy (non-hydrogen) atoms. The molecule has 0 spiro atoms. The minimum absolute atomic E-state index is 0.687. The first-order valence-corrected chi connectivity index (χ1v) is 11.6. The van der Waals surface area contributed by atoms with Crippen molar-refractivity contribution < 1.29 is 9.90 Å². The topological polar surface area (TPSA) is 37.3 Å². The van der Waals surface area contributed by atoms with Gasteiger partial charge >= 0.3 is 5.97 Å². The molecular formula is C9H20O2Si2. The molecule has 4 heteroatoms. The van der Waals surface area contributed by atoms with E-state index in [1.807, 2.05) is 5.70 Å². The molecule has 0 unspecified atom stereocenters. The zero-order chi connectivity index (χ0) is 10.9. The van der Waals surface area contributed by atoms with Gasteiger partial charge in [0.2, 0.25) is 0 Å². The van der Waals surface area contributed by atoms with E-state index in [2.05, 4.69) is 39.3 Å². The lowest BCUT2D eigenvalue weighted by Crippen LogP contribution is -2.33. The fraction of sp³-hybridized carbons (Fsp3) is 0.667. The number of carboxylic acid groups (broad SMARTS) is 1. The van der Waals surface area contributed by atoms with E-state index in [1.54, 1.807) is 0 Å². The summed E-state index contributed by atoms with van der Waals surface area (Å²) in [4.78, 5) is 11.0. The van der Waals surface area contributed by atoms with Crippen molar-refractivity contribution >= 4 is 22.1 Å². The van der Waals surface area contributed by atoms with Crippen LogP contribution in [-0.2, 0) is 4.79 Å². The van der Waals surface area contributed by atoms with Crippen LogP contribution >= 0.6 is 0 Å². The molecule has 0 radical (unpaired) electrons. The van der Waals surface area contributed by atoms with Gasteiger partial charge in [-0.2, -0.15) is 0 Å². The Bertz CT molecular complexity index is 231. The van der Waals surface area contributed by atoms with Crippen molar-refractivity contribution in [2.75, 3.05) is 0 Å². The van der Waals surface area contributed by atoms with Gasteiger partial charge < -0.3 is 5.11 Å². The standard InChI is InChI=1S/C9H20O2Si2/c1-12(2,3)7-8(9(10)11)13(4,5)6/h7H,1-6H3,(H,10,11)/b8-7-. The summed E-state index contributed by atoms with van der Waals surface area (Å²) in [6.45, 7) is 12.7. The van der Waals surface area contributed by atoms with Crippen LogP contribution in [-0.4, -0.2) is 27.2 Å². The van der Waals surface area contributed by atoms with E-state index >= 15 is 0 Å². The SMILES string of the molecule is C[Si](C)(C)/C=C(/C(=O)O)[Si](C)(C)C. The Morgan fingerprint density at radius 2 is 1.46 bits per heavy atom. The predicted molar refractivity (Wildman–Crippen MR) is 62.4 cm³/mol. The first-order chi connectivity index (χ1) is 5.54. The lowest BCUT2D eigenvalue weighted by Gasteiger charge is -2.21. The summed E-state index contributed by atoms with van der Waals surface area (Å²) in [5, 5.41) is 9.75. The van der Waals surface area contributed by atoms with Crippen molar-refractivity contribution in [1.82, 2.24) is 0 Å². The highest BCUT2D eigenvalue weighted by molar-refractivity contribution is 6.90. The molecule has 2 nitrogen and oxygen atoms in total. The average molecular weight is 216 g/mol. The van der Waals surface area contributed by atoms with E-state index in [4.69, 9.17) is 5.11 Å². The maximum absolute atomic E-state index is 11.0. The van der Waals surface area contributed by atoms with Gasteiger partial charge in [-0.15, -0.1) is 0 Å². The average Bonchev–Trinajstić information content (AvgIpc) is 1.77. The van der Waals surface area contributed by atoms with Crippen molar-refractivity contribution in [1.29, 1.82) is 0 Å². The van der Waals surface area contributed by atoms with Crippen molar-refractivity contribution in [3.63, 3.8) is 0 Å². The molecule has 0 saturated heterocycles. The Labute approximate surface area is 82.7 Å². The van der Waals surface area contributed by atoms with Crippen LogP contribution in [0.1, 0.15) is 0 Å². The van der Waals surface area contributed by atoms with E-state index in [-0.39, 0.29) is 0 Å². The fourth-order valence-corrected chi connectivity index (χ4v) is 5.69. The molecule has 0 saturated carbocycles. The van der Waals surface area contributed by atoms with Crippen molar-refractivity contribution in [2.45, 2.75) is 39.3 Å². The zero-order valence-electron chi connectivity index (χ0n) is 9.43. The van der Waals surface area contributed by atoms with E-state index in [9.17, 15) is 4.79 Å². The van der Waals surface area contributed by atoms with Crippen LogP contribution < -0.4 is 0 Å². The maximum Gasteiger partial charge on any atom is 0.326 e. The largest absolute Gasteiger partial charge is 0.478 e. The van der Waals surface area contributed by atoms with Gasteiger partial charge in [-0.3, -0.25) is 0 Å². The van der Waals surface area contributed by atoms with Gasteiger partial charge in [0, 0.05) is 5.20 Å². The molecule has 0 bridgehead atoms. The third-order valence-corrected chi connectivity index (χ3v) is 5.03. The van der Waals surface area contributed by atoms with Crippen molar-refractivity contribution in [3.8, 4) is 0 Å². The Hall–Kier alpha value is -0.356. The highest BCUT2D eigenvalue weighted by atomic mass is 28.3. The first-order valence-electron chi connectivity index (χ1n) is 4.51. The van der Waals surface area contributed by atoms with E-state index in [0.717, 1.165) is 0 Å². The zero-order valence-corrected chi connectivity index (χ0v) is 11.4. The Balaban J connectivity index is 5.06. The number of hydrogen-bond donors (Lipinski definition) is 1. The smallest absolute Gasteiger partial charge is 0.326 e. The normalized spacial score (nSPS) is 14.5. The molecule has 0 fully saturated rings. The lowest BCUT2D eigenvalue weighted by molar-refractivity contribution is -0.131. The molecule has 0 rings (SSSR count).